The zero-order valence-corrected chi connectivity index (χ0v) is 11.2. The van der Waals surface area contributed by atoms with Crippen LogP contribution in [0.3, 0.4) is 0 Å². The maximum Gasteiger partial charge on any atom is 0.328 e. The maximum absolute atomic E-state index is 10.5. The number of thiophene rings is 1. The van der Waals surface area contributed by atoms with E-state index < -0.39 is 5.97 Å². The van der Waals surface area contributed by atoms with Gasteiger partial charge in [-0.05, 0) is 28.6 Å². The Kier molecular flexibility index (Phi) is 4.61. The first-order valence-corrected chi connectivity index (χ1v) is 7.27. The predicted molar refractivity (Wildman–Crippen MR) is 77.0 cm³/mol. The van der Waals surface area contributed by atoms with Crippen molar-refractivity contribution in [3.05, 3.63) is 59.0 Å². The molecule has 4 heteroatoms. The number of hydrogen-bond acceptors (Lipinski definition) is 3. The van der Waals surface area contributed by atoms with Crippen molar-refractivity contribution in [1.29, 1.82) is 0 Å². The number of carbonyl (C=O) groups is 1. The van der Waals surface area contributed by atoms with E-state index in [1.807, 2.05) is 30.3 Å². The lowest BCUT2D eigenvalue weighted by Gasteiger charge is -2.04. The Morgan fingerprint density at radius 1 is 1.28 bits per heavy atom. The second kappa shape index (κ2) is 6.42. The SMILES string of the molecule is O=C(O)/C=C/c1ccccc1CSc1cccs1. The van der Waals surface area contributed by atoms with Crippen LogP contribution in [0.4, 0.5) is 0 Å². The summed E-state index contributed by atoms with van der Waals surface area (Å²) in [4.78, 5) is 10.5. The molecule has 18 heavy (non-hydrogen) atoms. The van der Waals surface area contributed by atoms with Gasteiger partial charge in [-0.25, -0.2) is 4.79 Å². The molecule has 1 heterocycles. The molecular weight excluding hydrogens is 264 g/mol. The van der Waals surface area contributed by atoms with Gasteiger partial charge in [0.2, 0.25) is 0 Å². The highest BCUT2D eigenvalue weighted by Gasteiger charge is 2.01. The number of aliphatic carboxylic acids is 1. The molecule has 2 nitrogen and oxygen atoms in total. The highest BCUT2D eigenvalue weighted by atomic mass is 32.2. The third-order valence-electron chi connectivity index (χ3n) is 2.33. The van der Waals surface area contributed by atoms with E-state index in [0.29, 0.717) is 0 Å². The molecule has 0 spiro atoms. The predicted octanol–water partition coefficient (Wildman–Crippen LogP) is 4.14. The van der Waals surface area contributed by atoms with Gasteiger partial charge < -0.3 is 5.11 Å². The minimum Gasteiger partial charge on any atom is -0.478 e. The summed E-state index contributed by atoms with van der Waals surface area (Å²) in [6.45, 7) is 0. The van der Waals surface area contributed by atoms with Crippen LogP contribution < -0.4 is 0 Å². The molecule has 0 aliphatic heterocycles. The molecule has 0 saturated carbocycles. The number of thioether (sulfide) groups is 1. The van der Waals surface area contributed by atoms with Crippen molar-refractivity contribution in [3.63, 3.8) is 0 Å². The second-order valence-electron chi connectivity index (χ2n) is 3.59. The van der Waals surface area contributed by atoms with Crippen LogP contribution in [0.2, 0.25) is 0 Å². The molecule has 1 aromatic heterocycles. The molecule has 0 amide bonds. The second-order valence-corrected chi connectivity index (χ2v) is 5.81. The van der Waals surface area contributed by atoms with E-state index in [2.05, 4.69) is 11.4 Å². The van der Waals surface area contributed by atoms with Gasteiger partial charge in [-0.3, -0.25) is 0 Å². The van der Waals surface area contributed by atoms with Gasteiger partial charge in [-0.15, -0.1) is 23.1 Å². The van der Waals surface area contributed by atoms with Crippen LogP contribution in [-0.2, 0) is 10.5 Å². The number of carboxylic acid groups (broad SMARTS) is 1. The first kappa shape index (κ1) is 12.9. The quantitative estimate of drug-likeness (QED) is 0.659. The molecule has 0 bridgehead atoms. The first-order chi connectivity index (χ1) is 8.75. The summed E-state index contributed by atoms with van der Waals surface area (Å²) in [6.07, 6.45) is 2.82. The fourth-order valence-electron chi connectivity index (χ4n) is 1.48. The summed E-state index contributed by atoms with van der Waals surface area (Å²) >= 11 is 3.48. The van der Waals surface area contributed by atoms with Gasteiger partial charge in [-0.1, -0.05) is 30.3 Å². The van der Waals surface area contributed by atoms with Crippen LogP contribution in [0.25, 0.3) is 6.08 Å². The van der Waals surface area contributed by atoms with Crippen LogP contribution in [0.1, 0.15) is 11.1 Å². The van der Waals surface area contributed by atoms with E-state index in [9.17, 15) is 4.79 Å². The Hall–Kier alpha value is -1.52. The molecule has 92 valence electrons. The largest absolute Gasteiger partial charge is 0.478 e. The zero-order valence-electron chi connectivity index (χ0n) is 9.58. The standard InChI is InChI=1S/C14H12O2S2/c15-13(16)8-7-11-4-1-2-5-12(11)10-18-14-6-3-9-17-14/h1-9H,10H2,(H,15,16)/b8-7+. The van der Waals surface area contributed by atoms with Crippen molar-refractivity contribution in [2.45, 2.75) is 9.96 Å². The molecule has 0 unspecified atom stereocenters. The van der Waals surface area contributed by atoms with E-state index in [1.165, 1.54) is 10.3 Å². The van der Waals surface area contributed by atoms with Crippen molar-refractivity contribution < 1.29 is 9.90 Å². The number of rotatable bonds is 5. The highest BCUT2D eigenvalue weighted by molar-refractivity contribution is 8.00. The van der Waals surface area contributed by atoms with E-state index in [1.54, 1.807) is 29.2 Å². The Morgan fingerprint density at radius 2 is 2.11 bits per heavy atom. The van der Waals surface area contributed by atoms with Gasteiger partial charge in [0.25, 0.3) is 0 Å². The number of benzene rings is 1. The molecule has 0 radical (unpaired) electrons. The summed E-state index contributed by atoms with van der Waals surface area (Å²) in [6, 6.07) is 12.0. The average molecular weight is 276 g/mol. The van der Waals surface area contributed by atoms with Gasteiger partial charge in [0.1, 0.15) is 0 Å². The van der Waals surface area contributed by atoms with Crippen molar-refractivity contribution in [3.8, 4) is 0 Å². The number of carboxylic acids is 1. The minimum atomic E-state index is -0.921. The number of hydrogen-bond donors (Lipinski definition) is 1. The summed E-state index contributed by atoms with van der Waals surface area (Å²) < 4.78 is 1.27. The van der Waals surface area contributed by atoms with Crippen LogP contribution in [-0.4, -0.2) is 11.1 Å². The van der Waals surface area contributed by atoms with E-state index in [0.717, 1.165) is 16.9 Å². The Bertz CT molecular complexity index is 545. The molecule has 0 aliphatic carbocycles. The van der Waals surface area contributed by atoms with Crippen LogP contribution in [0.15, 0.2) is 52.1 Å². The van der Waals surface area contributed by atoms with Crippen molar-refractivity contribution in [1.82, 2.24) is 0 Å². The van der Waals surface area contributed by atoms with Crippen molar-refractivity contribution in [2.24, 2.45) is 0 Å². The molecule has 0 saturated heterocycles. The Balaban J connectivity index is 2.09. The van der Waals surface area contributed by atoms with E-state index in [4.69, 9.17) is 5.11 Å². The third kappa shape index (κ3) is 3.75. The Morgan fingerprint density at radius 3 is 2.83 bits per heavy atom. The molecule has 1 aromatic carbocycles. The summed E-state index contributed by atoms with van der Waals surface area (Å²) in [5.74, 6) is -0.0728. The normalized spacial score (nSPS) is 10.9. The molecular formula is C14H12O2S2. The summed E-state index contributed by atoms with van der Waals surface area (Å²) in [7, 11) is 0. The van der Waals surface area contributed by atoms with E-state index in [-0.39, 0.29) is 0 Å². The fourth-order valence-corrected chi connectivity index (χ4v) is 3.28. The zero-order chi connectivity index (χ0) is 12.8. The lowest BCUT2D eigenvalue weighted by molar-refractivity contribution is -0.131. The van der Waals surface area contributed by atoms with Gasteiger partial charge >= 0.3 is 5.97 Å². The van der Waals surface area contributed by atoms with Crippen molar-refractivity contribution >= 4 is 35.1 Å². The van der Waals surface area contributed by atoms with Crippen LogP contribution >= 0.6 is 23.1 Å². The van der Waals surface area contributed by atoms with Crippen LogP contribution in [0, 0.1) is 0 Å². The summed E-state index contributed by atoms with van der Waals surface area (Å²) in [5.41, 5.74) is 2.11. The smallest absolute Gasteiger partial charge is 0.328 e. The minimum absolute atomic E-state index is 0.848. The van der Waals surface area contributed by atoms with Gasteiger partial charge in [0, 0.05) is 11.8 Å². The van der Waals surface area contributed by atoms with Gasteiger partial charge in [-0.2, -0.15) is 0 Å². The average Bonchev–Trinajstić information content (AvgIpc) is 2.88. The lowest BCUT2D eigenvalue weighted by atomic mass is 10.1. The molecule has 0 fully saturated rings. The molecule has 2 aromatic rings. The van der Waals surface area contributed by atoms with Crippen molar-refractivity contribution in [2.75, 3.05) is 0 Å². The monoisotopic (exact) mass is 276 g/mol. The van der Waals surface area contributed by atoms with Gasteiger partial charge in [0.15, 0.2) is 0 Å². The lowest BCUT2D eigenvalue weighted by Crippen LogP contribution is -1.89. The highest BCUT2D eigenvalue weighted by Crippen LogP contribution is 2.28. The first-order valence-electron chi connectivity index (χ1n) is 5.41. The molecule has 1 N–H and O–H groups in total. The molecule has 0 aliphatic rings. The fraction of sp³-hybridized carbons (Fsp3) is 0.0714. The molecule has 0 atom stereocenters. The van der Waals surface area contributed by atoms with E-state index >= 15 is 0 Å². The maximum atomic E-state index is 10.5. The third-order valence-corrected chi connectivity index (χ3v) is 4.51. The topological polar surface area (TPSA) is 37.3 Å². The summed E-state index contributed by atoms with van der Waals surface area (Å²) in [5, 5.41) is 10.7. The van der Waals surface area contributed by atoms with Gasteiger partial charge in [0.05, 0.1) is 4.21 Å². The molecule has 2 rings (SSSR count). The Labute approximate surface area is 114 Å². The van der Waals surface area contributed by atoms with Crippen LogP contribution in [0.5, 0.6) is 0 Å².